The molecule has 0 radical (unpaired) electrons. The predicted molar refractivity (Wildman–Crippen MR) is 63.1 cm³/mol. The summed E-state index contributed by atoms with van der Waals surface area (Å²) in [4.78, 5) is 24.0. The number of carboxylic acid groups (broad SMARTS) is 1. The maximum atomic E-state index is 11.8. The Bertz CT molecular complexity index is 329. The molecule has 7 heteroatoms. The number of β-amino-alcohol motifs (C(OH)–C–C–N with tert-alkyl or cyclic N) is 1. The molecule has 0 spiro atoms. The molecule has 1 aliphatic rings. The van der Waals surface area contributed by atoms with E-state index in [1.165, 1.54) is 11.8 Å². The Hall–Kier alpha value is -1.34. The molecule has 1 rings (SSSR count). The molecule has 3 atom stereocenters. The SMILES string of the molecule is CC(O)C(NC(=O)N1CCCC(C)(O)C1)C(=O)O. The highest BCUT2D eigenvalue weighted by Gasteiger charge is 2.33. The van der Waals surface area contributed by atoms with E-state index >= 15 is 0 Å². The zero-order valence-electron chi connectivity index (χ0n) is 10.6. The first-order valence-corrected chi connectivity index (χ1v) is 5.91. The Labute approximate surface area is 105 Å². The lowest BCUT2D eigenvalue weighted by Crippen LogP contribution is -2.56. The van der Waals surface area contributed by atoms with Crippen molar-refractivity contribution < 1.29 is 24.9 Å². The van der Waals surface area contributed by atoms with Crippen molar-refractivity contribution in [1.29, 1.82) is 0 Å². The molecule has 0 bridgehead atoms. The van der Waals surface area contributed by atoms with E-state index in [0.29, 0.717) is 19.4 Å². The van der Waals surface area contributed by atoms with Crippen molar-refractivity contribution in [1.82, 2.24) is 10.2 Å². The predicted octanol–water partition coefficient (Wildman–Crippen LogP) is -0.623. The van der Waals surface area contributed by atoms with Gasteiger partial charge >= 0.3 is 12.0 Å². The minimum Gasteiger partial charge on any atom is -0.480 e. The zero-order chi connectivity index (χ0) is 13.9. The molecular weight excluding hydrogens is 240 g/mol. The molecule has 18 heavy (non-hydrogen) atoms. The fourth-order valence-corrected chi connectivity index (χ4v) is 2.01. The summed E-state index contributed by atoms with van der Waals surface area (Å²) in [5, 5.41) is 30.2. The maximum Gasteiger partial charge on any atom is 0.328 e. The van der Waals surface area contributed by atoms with Crippen LogP contribution in [-0.2, 0) is 4.79 Å². The first-order chi connectivity index (χ1) is 8.23. The second-order valence-corrected chi connectivity index (χ2v) is 5.03. The van der Waals surface area contributed by atoms with Gasteiger partial charge < -0.3 is 25.5 Å². The standard InChI is InChI=1S/C11H20N2O5/c1-7(14)8(9(15)16)12-10(17)13-5-3-4-11(2,18)6-13/h7-8,14,18H,3-6H2,1-2H3,(H,12,17)(H,15,16). The summed E-state index contributed by atoms with van der Waals surface area (Å²) in [6.07, 6.45) is 0.0827. The molecular formula is C11H20N2O5. The van der Waals surface area contributed by atoms with Crippen LogP contribution in [0.5, 0.6) is 0 Å². The Kier molecular flexibility index (Phi) is 4.53. The highest BCUT2D eigenvalue weighted by Crippen LogP contribution is 2.20. The van der Waals surface area contributed by atoms with E-state index in [-0.39, 0.29) is 6.54 Å². The third kappa shape index (κ3) is 3.85. The van der Waals surface area contributed by atoms with Gasteiger partial charge in [0.1, 0.15) is 0 Å². The number of nitrogens with zero attached hydrogens (tertiary/aromatic N) is 1. The number of aliphatic hydroxyl groups excluding tert-OH is 1. The minimum atomic E-state index is -1.34. The van der Waals surface area contributed by atoms with Gasteiger partial charge in [-0.1, -0.05) is 0 Å². The van der Waals surface area contributed by atoms with Crippen LogP contribution < -0.4 is 5.32 Å². The van der Waals surface area contributed by atoms with E-state index < -0.39 is 29.7 Å². The number of carboxylic acids is 1. The first-order valence-electron chi connectivity index (χ1n) is 5.91. The van der Waals surface area contributed by atoms with Crippen LogP contribution in [0, 0.1) is 0 Å². The van der Waals surface area contributed by atoms with Gasteiger partial charge in [-0.15, -0.1) is 0 Å². The number of hydrogen-bond donors (Lipinski definition) is 4. The monoisotopic (exact) mass is 260 g/mol. The highest BCUT2D eigenvalue weighted by atomic mass is 16.4. The third-order valence-corrected chi connectivity index (χ3v) is 2.99. The van der Waals surface area contributed by atoms with Crippen LogP contribution in [0.25, 0.3) is 0 Å². The van der Waals surface area contributed by atoms with E-state index in [9.17, 15) is 19.8 Å². The van der Waals surface area contributed by atoms with Gasteiger partial charge in [0.2, 0.25) is 0 Å². The zero-order valence-corrected chi connectivity index (χ0v) is 10.6. The summed E-state index contributed by atoms with van der Waals surface area (Å²) in [5.74, 6) is -1.29. The highest BCUT2D eigenvalue weighted by molar-refractivity contribution is 5.83. The van der Waals surface area contributed by atoms with Crippen LogP contribution in [-0.4, -0.2) is 63.1 Å². The Morgan fingerprint density at radius 3 is 2.50 bits per heavy atom. The molecule has 1 fully saturated rings. The van der Waals surface area contributed by atoms with Crippen molar-refractivity contribution in [3.8, 4) is 0 Å². The number of hydrogen-bond acceptors (Lipinski definition) is 4. The van der Waals surface area contributed by atoms with Crippen LogP contribution in [0.3, 0.4) is 0 Å². The number of aliphatic carboxylic acids is 1. The maximum absolute atomic E-state index is 11.8. The number of aliphatic hydroxyl groups is 2. The molecule has 0 saturated carbocycles. The summed E-state index contributed by atoms with van der Waals surface area (Å²) in [6.45, 7) is 3.56. The number of carbonyl (C=O) groups excluding carboxylic acids is 1. The quantitative estimate of drug-likeness (QED) is 0.540. The van der Waals surface area contributed by atoms with Crippen LogP contribution in [0.2, 0.25) is 0 Å². The van der Waals surface area contributed by atoms with Crippen molar-refractivity contribution in [2.24, 2.45) is 0 Å². The molecule has 7 nitrogen and oxygen atoms in total. The fourth-order valence-electron chi connectivity index (χ4n) is 2.01. The number of nitrogens with one attached hydrogen (secondary N) is 1. The van der Waals surface area contributed by atoms with Crippen molar-refractivity contribution >= 4 is 12.0 Å². The van der Waals surface area contributed by atoms with E-state index in [1.54, 1.807) is 6.92 Å². The molecule has 1 heterocycles. The van der Waals surface area contributed by atoms with Crippen molar-refractivity contribution in [2.45, 2.75) is 44.4 Å². The van der Waals surface area contributed by atoms with Gasteiger partial charge in [0.05, 0.1) is 18.2 Å². The second-order valence-electron chi connectivity index (χ2n) is 5.03. The molecule has 0 aromatic heterocycles. The number of rotatable bonds is 3. The van der Waals surface area contributed by atoms with Crippen LogP contribution in [0.15, 0.2) is 0 Å². The lowest BCUT2D eigenvalue weighted by molar-refractivity contribution is -0.141. The van der Waals surface area contributed by atoms with E-state index in [4.69, 9.17) is 5.11 Å². The molecule has 0 aromatic rings. The van der Waals surface area contributed by atoms with Gasteiger partial charge in [-0.2, -0.15) is 0 Å². The van der Waals surface area contributed by atoms with Gasteiger partial charge in [0.15, 0.2) is 6.04 Å². The molecule has 1 saturated heterocycles. The van der Waals surface area contributed by atoms with Crippen LogP contribution >= 0.6 is 0 Å². The van der Waals surface area contributed by atoms with Crippen molar-refractivity contribution in [3.63, 3.8) is 0 Å². The fraction of sp³-hybridized carbons (Fsp3) is 0.818. The minimum absolute atomic E-state index is 0.158. The lowest BCUT2D eigenvalue weighted by atomic mass is 9.95. The van der Waals surface area contributed by atoms with E-state index in [2.05, 4.69) is 5.32 Å². The smallest absolute Gasteiger partial charge is 0.328 e. The number of amides is 2. The lowest BCUT2D eigenvalue weighted by Gasteiger charge is -2.37. The normalized spacial score (nSPS) is 27.4. The number of likely N-dealkylation sites (tertiary alicyclic amines) is 1. The number of urea groups is 1. The molecule has 3 unspecified atom stereocenters. The second kappa shape index (κ2) is 5.53. The Morgan fingerprint density at radius 1 is 1.44 bits per heavy atom. The summed E-state index contributed by atoms with van der Waals surface area (Å²) in [6, 6.07) is -1.92. The molecule has 0 aliphatic carbocycles. The van der Waals surface area contributed by atoms with Gasteiger partial charge in [0.25, 0.3) is 0 Å². The average molecular weight is 260 g/mol. The molecule has 4 N–H and O–H groups in total. The van der Waals surface area contributed by atoms with Crippen LogP contribution in [0.4, 0.5) is 4.79 Å². The molecule has 1 aliphatic heterocycles. The van der Waals surface area contributed by atoms with Gasteiger partial charge in [0, 0.05) is 6.54 Å². The topological polar surface area (TPSA) is 110 Å². The average Bonchev–Trinajstić information content (AvgIpc) is 2.23. The number of carbonyl (C=O) groups is 2. The van der Waals surface area contributed by atoms with Gasteiger partial charge in [-0.3, -0.25) is 0 Å². The third-order valence-electron chi connectivity index (χ3n) is 2.99. The Morgan fingerprint density at radius 2 is 2.06 bits per heavy atom. The van der Waals surface area contributed by atoms with Crippen LogP contribution in [0.1, 0.15) is 26.7 Å². The van der Waals surface area contributed by atoms with Gasteiger partial charge in [-0.25, -0.2) is 9.59 Å². The van der Waals surface area contributed by atoms with E-state index in [1.807, 2.05) is 0 Å². The largest absolute Gasteiger partial charge is 0.480 e. The van der Waals surface area contributed by atoms with Crippen molar-refractivity contribution in [2.75, 3.05) is 13.1 Å². The summed E-state index contributed by atoms with van der Waals surface area (Å²) in [5.41, 5.74) is -0.945. The number of piperidine rings is 1. The van der Waals surface area contributed by atoms with Crippen molar-refractivity contribution in [3.05, 3.63) is 0 Å². The molecule has 104 valence electrons. The molecule has 2 amide bonds. The Balaban J connectivity index is 2.61. The van der Waals surface area contributed by atoms with E-state index in [0.717, 1.165) is 0 Å². The first kappa shape index (κ1) is 14.7. The summed E-state index contributed by atoms with van der Waals surface area (Å²) < 4.78 is 0. The summed E-state index contributed by atoms with van der Waals surface area (Å²) >= 11 is 0. The summed E-state index contributed by atoms with van der Waals surface area (Å²) in [7, 11) is 0. The van der Waals surface area contributed by atoms with Gasteiger partial charge in [-0.05, 0) is 26.7 Å². The molecule has 0 aromatic carbocycles.